The Morgan fingerprint density at radius 3 is 2.34 bits per heavy atom. The molecule has 0 saturated heterocycles. The zero-order chi connectivity index (χ0) is 20.2. The Kier molecular flexibility index (Phi) is 5.24. The first-order valence-corrected chi connectivity index (χ1v) is 9.18. The van der Waals surface area contributed by atoms with Gasteiger partial charge in [0.05, 0.1) is 24.6 Å². The van der Waals surface area contributed by atoms with E-state index < -0.39 is 0 Å². The molecule has 3 aromatic carbocycles. The topological polar surface area (TPSA) is 53.3 Å². The number of ether oxygens (including phenoxy) is 2. The van der Waals surface area contributed by atoms with Crippen LogP contribution in [0.4, 0.5) is 4.39 Å². The molecule has 1 aromatic heterocycles. The number of methoxy groups -OCH3 is 1. The lowest BCUT2D eigenvalue weighted by Crippen LogP contribution is -2.26. The molecule has 0 bridgehead atoms. The summed E-state index contributed by atoms with van der Waals surface area (Å²) in [5.74, 6) is 1.50. The summed E-state index contributed by atoms with van der Waals surface area (Å²) in [4.78, 5) is 17.8. The van der Waals surface area contributed by atoms with Crippen molar-refractivity contribution in [2.45, 2.75) is 6.54 Å². The monoisotopic (exact) mass is 390 g/mol. The molecule has 4 rings (SSSR count). The number of nitrogens with zero attached hydrogens (tertiary/aromatic N) is 2. The number of halogens is 1. The first-order valence-electron chi connectivity index (χ1n) is 9.18. The second kappa shape index (κ2) is 8.14. The van der Waals surface area contributed by atoms with Crippen LogP contribution in [0.5, 0.6) is 11.5 Å². The van der Waals surface area contributed by atoms with E-state index in [1.165, 1.54) is 12.1 Å². The highest BCUT2D eigenvalue weighted by atomic mass is 19.1. The van der Waals surface area contributed by atoms with Crippen LogP contribution in [-0.4, -0.2) is 23.3 Å². The molecular weight excluding hydrogens is 371 g/mol. The predicted octanol–water partition coefficient (Wildman–Crippen LogP) is 4.29. The number of fused-ring (bicyclic) bond motifs is 1. The fourth-order valence-electron chi connectivity index (χ4n) is 3.12. The van der Waals surface area contributed by atoms with Crippen molar-refractivity contribution >= 4 is 10.9 Å². The largest absolute Gasteiger partial charge is 0.497 e. The molecule has 0 unspecified atom stereocenters. The molecule has 29 heavy (non-hydrogen) atoms. The van der Waals surface area contributed by atoms with Crippen molar-refractivity contribution in [1.82, 2.24) is 9.55 Å². The Bertz CT molecular complexity index is 1190. The maximum absolute atomic E-state index is 13.1. The summed E-state index contributed by atoms with van der Waals surface area (Å²) in [6, 6.07) is 20.4. The van der Waals surface area contributed by atoms with Gasteiger partial charge in [0.1, 0.15) is 29.7 Å². The average Bonchev–Trinajstić information content (AvgIpc) is 2.76. The van der Waals surface area contributed by atoms with E-state index in [1.807, 2.05) is 42.5 Å². The van der Waals surface area contributed by atoms with E-state index in [0.717, 1.165) is 11.3 Å². The fourth-order valence-corrected chi connectivity index (χ4v) is 3.12. The summed E-state index contributed by atoms with van der Waals surface area (Å²) in [5, 5.41) is 0.548. The summed E-state index contributed by atoms with van der Waals surface area (Å²) in [7, 11) is 1.60. The molecule has 4 aromatic rings. The van der Waals surface area contributed by atoms with Crippen LogP contribution in [0.25, 0.3) is 22.3 Å². The third kappa shape index (κ3) is 3.96. The highest BCUT2D eigenvalue weighted by molar-refractivity contribution is 5.79. The maximum Gasteiger partial charge on any atom is 0.261 e. The molecule has 0 radical (unpaired) electrons. The maximum atomic E-state index is 13.1. The molecule has 0 fully saturated rings. The summed E-state index contributed by atoms with van der Waals surface area (Å²) in [6.45, 7) is 0.546. The van der Waals surface area contributed by atoms with Crippen molar-refractivity contribution in [3.63, 3.8) is 0 Å². The Hall–Kier alpha value is -3.67. The van der Waals surface area contributed by atoms with E-state index in [4.69, 9.17) is 14.5 Å². The lowest BCUT2D eigenvalue weighted by Gasteiger charge is -2.14. The van der Waals surface area contributed by atoms with Crippen molar-refractivity contribution in [2.24, 2.45) is 0 Å². The van der Waals surface area contributed by atoms with Crippen LogP contribution >= 0.6 is 0 Å². The standard InChI is InChI=1S/C23H19FN2O3/c1-28-18-10-6-16(7-11-18)22-25-21-5-3-2-4-20(21)23(27)26(22)14-15-29-19-12-8-17(24)9-13-19/h2-13H,14-15H2,1H3. The van der Waals surface area contributed by atoms with Crippen LogP contribution in [0, 0.1) is 5.82 Å². The lowest BCUT2D eigenvalue weighted by molar-refractivity contribution is 0.296. The van der Waals surface area contributed by atoms with Gasteiger partial charge in [-0.15, -0.1) is 0 Å². The lowest BCUT2D eigenvalue weighted by atomic mass is 10.1. The molecule has 0 amide bonds. The van der Waals surface area contributed by atoms with Crippen LogP contribution in [-0.2, 0) is 6.54 Å². The van der Waals surface area contributed by atoms with E-state index in [9.17, 15) is 9.18 Å². The van der Waals surface area contributed by atoms with Crippen LogP contribution in [0.3, 0.4) is 0 Å². The molecule has 0 aliphatic rings. The van der Waals surface area contributed by atoms with Gasteiger partial charge in [0, 0.05) is 5.56 Å². The number of rotatable bonds is 6. The van der Waals surface area contributed by atoms with Crippen LogP contribution in [0.15, 0.2) is 77.6 Å². The van der Waals surface area contributed by atoms with Crippen LogP contribution < -0.4 is 15.0 Å². The van der Waals surface area contributed by atoms with E-state index in [2.05, 4.69) is 0 Å². The molecule has 146 valence electrons. The molecule has 6 heteroatoms. The van der Waals surface area contributed by atoms with Gasteiger partial charge in [0.15, 0.2) is 0 Å². The molecule has 0 spiro atoms. The zero-order valence-electron chi connectivity index (χ0n) is 15.8. The van der Waals surface area contributed by atoms with Crippen molar-refractivity contribution in [3.8, 4) is 22.9 Å². The van der Waals surface area contributed by atoms with Gasteiger partial charge in [-0.05, 0) is 60.7 Å². The summed E-state index contributed by atoms with van der Waals surface area (Å²) < 4.78 is 25.6. The third-order valence-corrected chi connectivity index (χ3v) is 4.61. The van der Waals surface area contributed by atoms with Crippen molar-refractivity contribution < 1.29 is 13.9 Å². The third-order valence-electron chi connectivity index (χ3n) is 4.61. The van der Waals surface area contributed by atoms with Gasteiger partial charge < -0.3 is 9.47 Å². The smallest absolute Gasteiger partial charge is 0.261 e. The van der Waals surface area contributed by atoms with Crippen LogP contribution in [0.1, 0.15) is 0 Å². The van der Waals surface area contributed by atoms with E-state index in [-0.39, 0.29) is 18.0 Å². The van der Waals surface area contributed by atoms with E-state index in [1.54, 1.807) is 29.9 Å². The van der Waals surface area contributed by atoms with E-state index in [0.29, 0.717) is 29.0 Å². The zero-order valence-corrected chi connectivity index (χ0v) is 15.8. The highest BCUT2D eigenvalue weighted by Gasteiger charge is 2.13. The minimum absolute atomic E-state index is 0.135. The number of para-hydroxylation sites is 1. The predicted molar refractivity (Wildman–Crippen MR) is 110 cm³/mol. The van der Waals surface area contributed by atoms with Crippen molar-refractivity contribution in [1.29, 1.82) is 0 Å². The Morgan fingerprint density at radius 2 is 1.62 bits per heavy atom. The Labute approximate surface area is 167 Å². The van der Waals surface area contributed by atoms with Gasteiger partial charge in [-0.1, -0.05) is 12.1 Å². The average molecular weight is 390 g/mol. The summed E-state index contributed by atoms with van der Waals surface area (Å²) in [5.41, 5.74) is 1.30. The number of hydrogen-bond donors (Lipinski definition) is 0. The van der Waals surface area contributed by atoms with Gasteiger partial charge in [0.25, 0.3) is 5.56 Å². The summed E-state index contributed by atoms with van der Waals surface area (Å²) in [6.07, 6.45) is 0. The molecule has 0 saturated carbocycles. The SMILES string of the molecule is COc1ccc(-c2nc3ccccc3c(=O)n2CCOc2ccc(F)cc2)cc1. The van der Waals surface area contributed by atoms with Gasteiger partial charge in [-0.3, -0.25) is 9.36 Å². The first kappa shape index (κ1) is 18.7. The first-order chi connectivity index (χ1) is 14.2. The van der Waals surface area contributed by atoms with Crippen molar-refractivity contribution in [3.05, 3.63) is 89.0 Å². The Balaban J connectivity index is 1.70. The normalized spacial score (nSPS) is 10.8. The molecule has 1 heterocycles. The molecule has 0 atom stereocenters. The second-order valence-electron chi connectivity index (χ2n) is 6.44. The quantitative estimate of drug-likeness (QED) is 0.493. The number of benzene rings is 3. The summed E-state index contributed by atoms with van der Waals surface area (Å²) >= 11 is 0. The molecule has 5 nitrogen and oxygen atoms in total. The number of hydrogen-bond acceptors (Lipinski definition) is 4. The molecule has 0 N–H and O–H groups in total. The fraction of sp³-hybridized carbons (Fsp3) is 0.130. The van der Waals surface area contributed by atoms with E-state index >= 15 is 0 Å². The van der Waals surface area contributed by atoms with Gasteiger partial charge in [-0.25, -0.2) is 9.37 Å². The molecule has 0 aliphatic heterocycles. The van der Waals surface area contributed by atoms with Crippen LogP contribution in [0.2, 0.25) is 0 Å². The minimum atomic E-state index is -0.325. The number of aromatic nitrogens is 2. The second-order valence-corrected chi connectivity index (χ2v) is 6.44. The molecular formula is C23H19FN2O3. The van der Waals surface area contributed by atoms with Crippen molar-refractivity contribution in [2.75, 3.05) is 13.7 Å². The van der Waals surface area contributed by atoms with Gasteiger partial charge in [-0.2, -0.15) is 0 Å². The van der Waals surface area contributed by atoms with Gasteiger partial charge >= 0.3 is 0 Å². The Morgan fingerprint density at radius 1 is 0.931 bits per heavy atom. The minimum Gasteiger partial charge on any atom is -0.497 e. The highest BCUT2D eigenvalue weighted by Crippen LogP contribution is 2.22. The molecule has 0 aliphatic carbocycles. The van der Waals surface area contributed by atoms with Gasteiger partial charge in [0.2, 0.25) is 0 Å².